The van der Waals surface area contributed by atoms with Crippen LogP contribution in [0.3, 0.4) is 0 Å². The van der Waals surface area contributed by atoms with E-state index < -0.39 is 34.5 Å². The number of aryl methyl sites for hydroxylation is 2. The molecule has 1 atom stereocenters. The van der Waals surface area contributed by atoms with Crippen LogP contribution < -0.4 is 0 Å². The molecule has 3 heterocycles. The molecule has 1 aliphatic heterocycles. The van der Waals surface area contributed by atoms with Gasteiger partial charge in [0.1, 0.15) is 12.3 Å². The molecule has 1 fully saturated rings. The molecule has 0 saturated carbocycles. The lowest BCUT2D eigenvalue weighted by molar-refractivity contribution is -0.147. The van der Waals surface area contributed by atoms with Crippen molar-refractivity contribution in [3.63, 3.8) is 0 Å². The Kier molecular flexibility index (Phi) is 7.44. The molecule has 0 N–H and O–H groups in total. The van der Waals surface area contributed by atoms with Gasteiger partial charge in [-0.3, -0.25) is 18.9 Å². The van der Waals surface area contributed by atoms with E-state index in [4.69, 9.17) is 8.92 Å². The zero-order valence-electron chi connectivity index (χ0n) is 18.9. The van der Waals surface area contributed by atoms with Crippen molar-refractivity contribution in [2.45, 2.75) is 38.7 Å². The van der Waals surface area contributed by atoms with E-state index in [9.17, 15) is 22.0 Å². The van der Waals surface area contributed by atoms with Gasteiger partial charge in [-0.05, 0) is 25.5 Å². The molecule has 10 nitrogen and oxygen atoms in total. The Morgan fingerprint density at radius 2 is 2.06 bits per heavy atom. The normalized spacial score (nSPS) is 18.9. The molecule has 33 heavy (non-hydrogen) atoms. The molecule has 13 heteroatoms. The summed E-state index contributed by atoms with van der Waals surface area (Å²) in [7, 11) is -2.07. The van der Waals surface area contributed by atoms with Crippen LogP contribution in [0.25, 0.3) is 11.4 Å². The quantitative estimate of drug-likeness (QED) is 0.405. The number of hydrogen-bond donors (Lipinski definition) is 0. The number of carbonyl (C=O) groups is 1. The zero-order chi connectivity index (χ0) is 24.4. The fourth-order valence-electron chi connectivity index (χ4n) is 3.95. The molecule has 0 radical (unpaired) electrons. The largest absolute Gasteiger partial charge is 0.465 e. The number of pyridine rings is 1. The summed E-state index contributed by atoms with van der Waals surface area (Å²) >= 11 is 0. The molecule has 2 aromatic heterocycles. The van der Waals surface area contributed by atoms with E-state index in [-0.39, 0.29) is 32.7 Å². The van der Waals surface area contributed by atoms with Gasteiger partial charge in [0.2, 0.25) is 0 Å². The summed E-state index contributed by atoms with van der Waals surface area (Å²) in [5.41, 5.74) is 2.35. The Hall–Kier alpha value is -2.51. The highest BCUT2D eigenvalue weighted by molar-refractivity contribution is 7.85. The fraction of sp³-hybridized carbons (Fsp3) is 0.600. The van der Waals surface area contributed by atoms with Crippen LogP contribution in [-0.2, 0) is 37.5 Å². The van der Waals surface area contributed by atoms with Crippen LogP contribution in [0, 0.1) is 6.92 Å². The lowest BCUT2D eigenvalue weighted by Gasteiger charge is -2.37. The number of aromatic nitrogens is 4. The van der Waals surface area contributed by atoms with Gasteiger partial charge in [0, 0.05) is 31.6 Å². The van der Waals surface area contributed by atoms with Gasteiger partial charge in [-0.2, -0.15) is 8.42 Å². The molecular weight excluding hydrogens is 460 g/mol. The lowest BCUT2D eigenvalue weighted by atomic mass is 9.87. The minimum absolute atomic E-state index is 0.191. The number of hydrogen-bond acceptors (Lipinski definition) is 9. The molecule has 0 aliphatic carbocycles. The van der Waals surface area contributed by atoms with Crippen molar-refractivity contribution < 1.29 is 30.9 Å². The van der Waals surface area contributed by atoms with Gasteiger partial charge in [0.25, 0.3) is 16.0 Å². The maximum absolute atomic E-state index is 14.4. The number of ether oxygens (including phenoxy) is 1. The predicted molar refractivity (Wildman–Crippen MR) is 114 cm³/mol. The van der Waals surface area contributed by atoms with Gasteiger partial charge >= 0.3 is 5.97 Å². The summed E-state index contributed by atoms with van der Waals surface area (Å²) in [5.74, 6) is -4.02. The van der Waals surface area contributed by atoms with Crippen molar-refractivity contribution >= 4 is 16.1 Å². The third-order valence-electron chi connectivity index (χ3n) is 5.30. The third kappa shape index (κ3) is 6.51. The van der Waals surface area contributed by atoms with Gasteiger partial charge < -0.3 is 4.74 Å². The number of rotatable bonds is 8. The van der Waals surface area contributed by atoms with E-state index in [1.807, 2.05) is 0 Å². The highest BCUT2D eigenvalue weighted by atomic mass is 32.2. The van der Waals surface area contributed by atoms with Crippen molar-refractivity contribution in [1.82, 2.24) is 24.9 Å². The van der Waals surface area contributed by atoms with Crippen LogP contribution in [0.4, 0.5) is 8.78 Å². The van der Waals surface area contributed by atoms with Crippen LogP contribution in [-0.4, -0.2) is 77.7 Å². The predicted octanol–water partition coefficient (Wildman–Crippen LogP) is 1.65. The molecule has 0 amide bonds. The third-order valence-corrected chi connectivity index (χ3v) is 5.84. The summed E-state index contributed by atoms with van der Waals surface area (Å²) in [4.78, 5) is 17.7. The first kappa shape index (κ1) is 25.1. The number of likely N-dealkylation sites (tertiary alicyclic amines) is 1. The summed E-state index contributed by atoms with van der Waals surface area (Å²) in [5, 5.41) is 7.96. The average Bonchev–Trinajstić information content (AvgIpc) is 3.05. The summed E-state index contributed by atoms with van der Waals surface area (Å²) in [6, 6.07) is 3.35. The first-order valence-electron chi connectivity index (χ1n) is 10.3. The van der Waals surface area contributed by atoms with Gasteiger partial charge in [0.05, 0.1) is 37.3 Å². The van der Waals surface area contributed by atoms with Gasteiger partial charge in [-0.15, -0.1) is 5.10 Å². The molecule has 182 valence electrons. The van der Waals surface area contributed by atoms with Crippen molar-refractivity contribution in [3.8, 4) is 11.4 Å². The molecule has 1 aliphatic rings. The monoisotopic (exact) mass is 487 g/mol. The van der Waals surface area contributed by atoms with Crippen LogP contribution >= 0.6 is 0 Å². The first-order valence-corrected chi connectivity index (χ1v) is 12.2. The highest BCUT2D eigenvalue weighted by Gasteiger charge is 2.42. The number of piperidine rings is 1. The SMILES string of the molecule is CCOC(=O)CN1CC(c2ccc(-c3nnn(C)c3COS(C)(=O)=O)nc2C)CC(F)(F)C1. The maximum atomic E-state index is 14.4. The fourth-order valence-corrected chi connectivity index (χ4v) is 4.27. The number of nitrogens with zero attached hydrogens (tertiary/aromatic N) is 5. The summed E-state index contributed by atoms with van der Waals surface area (Å²) in [6.45, 7) is 2.87. The van der Waals surface area contributed by atoms with Crippen molar-refractivity contribution in [2.75, 3.05) is 32.5 Å². The van der Waals surface area contributed by atoms with Gasteiger partial charge in [0.15, 0.2) is 0 Å². The topological polar surface area (TPSA) is 117 Å². The number of esters is 1. The molecule has 0 bridgehead atoms. The zero-order valence-corrected chi connectivity index (χ0v) is 19.7. The van der Waals surface area contributed by atoms with Crippen molar-refractivity contribution in [2.24, 2.45) is 7.05 Å². The Labute approximate surface area is 191 Å². The Bertz CT molecular complexity index is 1120. The Morgan fingerprint density at radius 1 is 1.33 bits per heavy atom. The molecule has 1 saturated heterocycles. The van der Waals surface area contributed by atoms with E-state index in [0.29, 0.717) is 28.3 Å². The van der Waals surface area contributed by atoms with E-state index in [2.05, 4.69) is 15.3 Å². The summed E-state index contributed by atoms with van der Waals surface area (Å²) < 4.78 is 62.8. The smallest absolute Gasteiger partial charge is 0.320 e. The maximum Gasteiger partial charge on any atom is 0.320 e. The standard InChI is InChI=1S/C20H27F2N5O5S/c1-5-31-18(28)10-27-9-14(8-20(21,22)12-27)15-6-7-16(23-13(15)2)19-17(26(3)25-24-19)11-32-33(4,29)30/h6-7,14H,5,8-12H2,1-4H3. The summed E-state index contributed by atoms with van der Waals surface area (Å²) in [6.07, 6.45) is 0.589. The lowest BCUT2D eigenvalue weighted by Crippen LogP contribution is -2.48. The number of carbonyl (C=O) groups excluding carboxylic acids is 1. The van der Waals surface area contributed by atoms with E-state index in [1.54, 1.807) is 33.0 Å². The van der Waals surface area contributed by atoms with E-state index in [1.165, 1.54) is 9.58 Å². The second kappa shape index (κ2) is 9.77. The van der Waals surface area contributed by atoms with Crippen LogP contribution in [0.1, 0.15) is 36.2 Å². The molecule has 2 aromatic rings. The molecular formula is C20H27F2N5O5S. The van der Waals surface area contributed by atoms with Crippen LogP contribution in [0.5, 0.6) is 0 Å². The van der Waals surface area contributed by atoms with E-state index >= 15 is 0 Å². The van der Waals surface area contributed by atoms with Gasteiger partial charge in [-0.25, -0.2) is 13.5 Å². The minimum Gasteiger partial charge on any atom is -0.465 e. The average molecular weight is 488 g/mol. The van der Waals surface area contributed by atoms with Gasteiger partial charge in [-0.1, -0.05) is 11.3 Å². The van der Waals surface area contributed by atoms with E-state index in [0.717, 1.165) is 6.26 Å². The first-order chi connectivity index (χ1) is 15.4. The van der Waals surface area contributed by atoms with Crippen molar-refractivity contribution in [3.05, 3.63) is 29.1 Å². The molecule has 0 spiro atoms. The Balaban J connectivity index is 1.84. The van der Waals surface area contributed by atoms with Crippen molar-refractivity contribution in [1.29, 1.82) is 0 Å². The second-order valence-electron chi connectivity index (χ2n) is 8.08. The Morgan fingerprint density at radius 3 is 2.70 bits per heavy atom. The minimum atomic E-state index is -3.67. The second-order valence-corrected chi connectivity index (χ2v) is 9.72. The molecule has 3 rings (SSSR count). The van der Waals surface area contributed by atoms with Crippen LogP contribution in [0.15, 0.2) is 12.1 Å². The highest BCUT2D eigenvalue weighted by Crippen LogP contribution is 2.37. The van der Waals surface area contributed by atoms with Crippen LogP contribution in [0.2, 0.25) is 0 Å². The number of halogens is 2. The number of alkyl halides is 2. The molecule has 0 aromatic carbocycles. The molecule has 1 unspecified atom stereocenters.